The minimum atomic E-state index is -3.53. The van der Waals surface area contributed by atoms with Crippen LogP contribution in [0.1, 0.15) is 18.4 Å². The molecule has 5 nitrogen and oxygen atoms in total. The predicted molar refractivity (Wildman–Crippen MR) is 75.5 cm³/mol. The summed E-state index contributed by atoms with van der Waals surface area (Å²) in [5.74, 6) is -0.155. The molecule has 2 rings (SSSR count). The Bertz CT molecular complexity index is 550. The first kappa shape index (κ1) is 15.4. The highest BCUT2D eigenvalue weighted by molar-refractivity contribution is 7.87. The first-order valence-electron chi connectivity index (χ1n) is 6.70. The molecule has 1 aliphatic rings. The fraction of sp³-hybridized carbons (Fsp3) is 0.538. The molecule has 1 aromatic carbocycles. The van der Waals surface area contributed by atoms with Crippen LogP contribution in [0.15, 0.2) is 24.3 Å². The maximum absolute atomic E-state index is 13.0. The lowest BCUT2D eigenvalue weighted by Crippen LogP contribution is -2.47. The van der Waals surface area contributed by atoms with Crippen molar-refractivity contribution in [3.05, 3.63) is 35.6 Å². The van der Waals surface area contributed by atoms with E-state index < -0.39 is 10.2 Å². The van der Waals surface area contributed by atoms with Crippen LogP contribution in [0.3, 0.4) is 0 Å². The number of nitrogens with two attached hydrogens (primary N) is 1. The topological polar surface area (TPSA) is 75.4 Å². The Morgan fingerprint density at radius 2 is 2.25 bits per heavy atom. The molecule has 20 heavy (non-hydrogen) atoms. The van der Waals surface area contributed by atoms with Crippen LogP contribution in [-0.2, 0) is 16.8 Å². The molecule has 1 aromatic rings. The van der Waals surface area contributed by atoms with Gasteiger partial charge in [-0.15, -0.1) is 0 Å². The van der Waals surface area contributed by atoms with Crippen LogP contribution in [0.4, 0.5) is 4.39 Å². The molecule has 0 radical (unpaired) electrons. The summed E-state index contributed by atoms with van der Waals surface area (Å²) in [5, 5.41) is 0. The smallest absolute Gasteiger partial charge is 0.279 e. The van der Waals surface area contributed by atoms with Gasteiger partial charge in [-0.1, -0.05) is 12.1 Å². The summed E-state index contributed by atoms with van der Waals surface area (Å²) in [5.41, 5.74) is 6.20. The minimum absolute atomic E-state index is 0.0872. The summed E-state index contributed by atoms with van der Waals surface area (Å²) >= 11 is 0. The fourth-order valence-corrected chi connectivity index (χ4v) is 3.66. The highest BCUT2D eigenvalue weighted by Crippen LogP contribution is 2.17. The van der Waals surface area contributed by atoms with Gasteiger partial charge in [0, 0.05) is 19.6 Å². The number of piperidine rings is 1. The summed E-state index contributed by atoms with van der Waals surface area (Å²) in [4.78, 5) is 0. The molecule has 0 aliphatic carbocycles. The van der Waals surface area contributed by atoms with Crippen molar-refractivity contribution in [1.29, 1.82) is 0 Å². The normalized spacial score (nSPS) is 21.0. The van der Waals surface area contributed by atoms with Gasteiger partial charge in [0.05, 0.1) is 0 Å². The fourth-order valence-electron chi connectivity index (χ4n) is 2.35. The second-order valence-corrected chi connectivity index (χ2v) is 6.81. The maximum atomic E-state index is 13.0. The molecule has 1 atom stereocenters. The molecule has 0 spiro atoms. The van der Waals surface area contributed by atoms with Crippen LogP contribution in [-0.4, -0.2) is 32.4 Å². The highest BCUT2D eigenvalue weighted by Gasteiger charge is 2.27. The molecule has 1 unspecified atom stereocenters. The first-order valence-corrected chi connectivity index (χ1v) is 8.14. The van der Waals surface area contributed by atoms with Crippen molar-refractivity contribution in [2.24, 2.45) is 11.7 Å². The number of hydrogen-bond acceptors (Lipinski definition) is 3. The zero-order valence-electron chi connectivity index (χ0n) is 11.3. The van der Waals surface area contributed by atoms with Crippen molar-refractivity contribution >= 4 is 10.2 Å². The second kappa shape index (κ2) is 6.62. The Balaban J connectivity index is 1.97. The Kier molecular flexibility index (Phi) is 5.09. The first-order chi connectivity index (χ1) is 9.51. The molecule has 112 valence electrons. The average Bonchev–Trinajstić information content (AvgIpc) is 2.45. The van der Waals surface area contributed by atoms with E-state index in [-0.39, 0.29) is 18.3 Å². The average molecular weight is 301 g/mol. The summed E-state index contributed by atoms with van der Waals surface area (Å²) in [6.07, 6.45) is 1.79. The van der Waals surface area contributed by atoms with Gasteiger partial charge in [-0.05, 0) is 43.0 Å². The largest absolute Gasteiger partial charge is 0.330 e. The Morgan fingerprint density at radius 1 is 1.45 bits per heavy atom. The number of benzene rings is 1. The predicted octanol–water partition coefficient (Wildman–Crippen LogP) is 0.831. The van der Waals surface area contributed by atoms with E-state index in [0.717, 1.165) is 12.8 Å². The summed E-state index contributed by atoms with van der Waals surface area (Å²) < 4.78 is 41.3. The molecule has 1 fully saturated rings. The number of hydrogen-bond donors (Lipinski definition) is 2. The van der Waals surface area contributed by atoms with Crippen LogP contribution < -0.4 is 10.5 Å². The molecule has 0 amide bonds. The number of nitrogens with zero attached hydrogens (tertiary/aromatic N) is 1. The van der Waals surface area contributed by atoms with Crippen molar-refractivity contribution in [1.82, 2.24) is 9.03 Å². The Morgan fingerprint density at radius 3 is 2.95 bits per heavy atom. The van der Waals surface area contributed by atoms with Gasteiger partial charge in [-0.25, -0.2) is 4.39 Å². The molecule has 3 N–H and O–H groups in total. The molecule has 0 bridgehead atoms. The maximum Gasteiger partial charge on any atom is 0.279 e. The van der Waals surface area contributed by atoms with E-state index >= 15 is 0 Å². The van der Waals surface area contributed by atoms with Gasteiger partial charge < -0.3 is 5.73 Å². The third-order valence-corrected chi connectivity index (χ3v) is 5.02. The van der Waals surface area contributed by atoms with Crippen molar-refractivity contribution < 1.29 is 12.8 Å². The van der Waals surface area contributed by atoms with E-state index in [1.165, 1.54) is 16.4 Å². The van der Waals surface area contributed by atoms with Crippen molar-refractivity contribution in [2.75, 3.05) is 19.6 Å². The van der Waals surface area contributed by atoms with E-state index in [9.17, 15) is 12.8 Å². The molecule has 1 saturated heterocycles. The minimum Gasteiger partial charge on any atom is -0.330 e. The third-order valence-electron chi connectivity index (χ3n) is 3.50. The number of rotatable bonds is 5. The van der Waals surface area contributed by atoms with Crippen LogP contribution in [0.2, 0.25) is 0 Å². The lowest BCUT2D eigenvalue weighted by Gasteiger charge is -2.31. The Hall–Kier alpha value is -1.02. The van der Waals surface area contributed by atoms with E-state index in [1.54, 1.807) is 12.1 Å². The summed E-state index contributed by atoms with van der Waals surface area (Å²) in [7, 11) is -3.53. The van der Waals surface area contributed by atoms with E-state index in [0.29, 0.717) is 25.2 Å². The van der Waals surface area contributed by atoms with Crippen molar-refractivity contribution in [2.45, 2.75) is 19.4 Å². The third kappa shape index (κ3) is 3.99. The number of nitrogens with one attached hydrogen (secondary N) is 1. The summed E-state index contributed by atoms with van der Waals surface area (Å²) in [6.45, 7) is 1.55. The van der Waals surface area contributed by atoms with Gasteiger partial charge in [-0.2, -0.15) is 17.4 Å². The lowest BCUT2D eigenvalue weighted by molar-refractivity contribution is 0.268. The Labute approximate surface area is 119 Å². The van der Waals surface area contributed by atoms with Crippen LogP contribution >= 0.6 is 0 Å². The van der Waals surface area contributed by atoms with Crippen LogP contribution in [0.25, 0.3) is 0 Å². The van der Waals surface area contributed by atoms with Gasteiger partial charge in [0.1, 0.15) is 5.82 Å². The summed E-state index contributed by atoms with van der Waals surface area (Å²) in [6, 6.07) is 5.89. The second-order valence-electron chi connectivity index (χ2n) is 5.06. The van der Waals surface area contributed by atoms with Gasteiger partial charge in [0.25, 0.3) is 10.2 Å². The molecular formula is C13H20FN3O2S. The van der Waals surface area contributed by atoms with E-state index in [4.69, 9.17) is 5.73 Å². The molecule has 0 saturated carbocycles. The zero-order valence-corrected chi connectivity index (χ0v) is 12.1. The SMILES string of the molecule is NCC1CCCN(S(=O)(=O)NCc2cccc(F)c2)C1. The van der Waals surface area contributed by atoms with E-state index in [1.807, 2.05) is 0 Å². The standard InChI is InChI=1S/C13H20FN3O2S/c14-13-5-1-3-11(7-13)9-16-20(18,19)17-6-2-4-12(8-15)10-17/h1,3,5,7,12,16H,2,4,6,8-10,15H2. The quantitative estimate of drug-likeness (QED) is 0.846. The van der Waals surface area contributed by atoms with Gasteiger partial charge in [-0.3, -0.25) is 0 Å². The monoisotopic (exact) mass is 301 g/mol. The van der Waals surface area contributed by atoms with Crippen molar-refractivity contribution in [3.63, 3.8) is 0 Å². The zero-order chi connectivity index (χ0) is 14.6. The molecule has 0 aromatic heterocycles. The van der Waals surface area contributed by atoms with Gasteiger partial charge in [0.15, 0.2) is 0 Å². The van der Waals surface area contributed by atoms with Crippen LogP contribution in [0.5, 0.6) is 0 Å². The lowest BCUT2D eigenvalue weighted by atomic mass is 10.0. The van der Waals surface area contributed by atoms with Gasteiger partial charge in [0.2, 0.25) is 0 Å². The number of halogens is 1. The highest BCUT2D eigenvalue weighted by atomic mass is 32.2. The van der Waals surface area contributed by atoms with Gasteiger partial charge >= 0.3 is 0 Å². The molecule has 7 heteroatoms. The van der Waals surface area contributed by atoms with Crippen molar-refractivity contribution in [3.8, 4) is 0 Å². The molecular weight excluding hydrogens is 281 g/mol. The van der Waals surface area contributed by atoms with E-state index in [2.05, 4.69) is 4.72 Å². The molecule has 1 heterocycles. The molecule has 1 aliphatic heterocycles. The van der Waals surface area contributed by atoms with Crippen LogP contribution in [0, 0.1) is 11.7 Å².